The molecule has 4 rings (SSSR count). The number of hydrogen-bond donors (Lipinski definition) is 0. The molecule has 2 aliphatic heterocycles. The van der Waals surface area contributed by atoms with E-state index in [-0.39, 0.29) is 6.61 Å². The quantitative estimate of drug-likeness (QED) is 0.322. The number of hydrogen-bond acceptors (Lipinski definition) is 8. The summed E-state index contributed by atoms with van der Waals surface area (Å²) >= 11 is 0. The Morgan fingerprint density at radius 3 is 2.62 bits per heavy atom. The van der Waals surface area contributed by atoms with Crippen LogP contribution in [0.25, 0.3) is 10.8 Å². The third-order valence-electron chi connectivity index (χ3n) is 5.56. The van der Waals surface area contributed by atoms with Crippen molar-refractivity contribution >= 4 is 36.8 Å². The van der Waals surface area contributed by atoms with E-state index in [1.807, 2.05) is 42.5 Å². The van der Waals surface area contributed by atoms with Gasteiger partial charge in [-0.2, -0.15) is 4.99 Å². The standard InChI is InChI=1S/C25H32N2O6Si/c1-16(28)30-22-21(31-24-23(22)32-25(2,3)33-24)20(14-29-34(4,5)6)27-15-26-19-13-9-11-17-10-7-8-12-18(17)19/h7-13,20-24H,14H2,1-6H3/t20-,21+,22+,23-,24-/m1/s1. The number of fused-ring (bicyclic) bond motifs is 2. The third-order valence-corrected chi connectivity index (χ3v) is 6.59. The Morgan fingerprint density at radius 1 is 1.15 bits per heavy atom. The van der Waals surface area contributed by atoms with Crippen LogP contribution in [0.4, 0.5) is 5.69 Å². The highest BCUT2D eigenvalue weighted by Gasteiger charge is 2.58. The molecule has 2 aromatic rings. The molecular weight excluding hydrogens is 452 g/mol. The largest absolute Gasteiger partial charge is 0.457 e. The van der Waals surface area contributed by atoms with E-state index in [2.05, 4.69) is 35.6 Å². The SMILES string of the molecule is CC(=O)O[C@H]1[C@H]([C@@H](CO[Si](C)(C)C)N=C=Nc2cccc3ccccc23)O[C@@H]2OC(C)(C)O[C@@H]21. The second-order valence-electron chi connectivity index (χ2n) is 9.97. The molecule has 0 bridgehead atoms. The lowest BCUT2D eigenvalue weighted by molar-refractivity contribution is -0.221. The minimum Gasteiger partial charge on any atom is -0.457 e. The summed E-state index contributed by atoms with van der Waals surface area (Å²) in [7, 11) is -1.86. The highest BCUT2D eigenvalue weighted by molar-refractivity contribution is 6.69. The van der Waals surface area contributed by atoms with Gasteiger partial charge < -0.3 is 23.4 Å². The molecular formula is C25H32N2O6Si. The molecule has 8 nitrogen and oxygen atoms in total. The summed E-state index contributed by atoms with van der Waals surface area (Å²) in [5, 5.41) is 2.10. The first-order chi connectivity index (χ1) is 16.0. The monoisotopic (exact) mass is 484 g/mol. The van der Waals surface area contributed by atoms with Gasteiger partial charge in [0.25, 0.3) is 0 Å². The summed E-state index contributed by atoms with van der Waals surface area (Å²) < 4.78 is 29.8. The highest BCUT2D eigenvalue weighted by atomic mass is 28.4. The van der Waals surface area contributed by atoms with Crippen molar-refractivity contribution in [2.24, 2.45) is 9.98 Å². The minimum atomic E-state index is -1.86. The van der Waals surface area contributed by atoms with Gasteiger partial charge >= 0.3 is 5.97 Å². The van der Waals surface area contributed by atoms with E-state index >= 15 is 0 Å². The van der Waals surface area contributed by atoms with E-state index in [4.69, 9.17) is 23.4 Å². The van der Waals surface area contributed by atoms with Crippen LogP contribution in [0, 0.1) is 0 Å². The van der Waals surface area contributed by atoms with Crippen LogP contribution in [0.15, 0.2) is 52.4 Å². The Morgan fingerprint density at radius 2 is 1.88 bits per heavy atom. The lowest BCUT2D eigenvalue weighted by Crippen LogP contribution is -2.45. The molecule has 2 aromatic carbocycles. The van der Waals surface area contributed by atoms with Crippen LogP contribution >= 0.6 is 0 Å². The number of ether oxygens (including phenoxy) is 4. The molecule has 0 unspecified atom stereocenters. The van der Waals surface area contributed by atoms with Crippen molar-refractivity contribution in [3.8, 4) is 0 Å². The van der Waals surface area contributed by atoms with Gasteiger partial charge in [0.2, 0.25) is 0 Å². The zero-order valence-electron chi connectivity index (χ0n) is 20.5. The molecule has 2 saturated heterocycles. The Labute approximate surface area is 201 Å². The summed E-state index contributed by atoms with van der Waals surface area (Å²) in [6, 6.07) is 16.2. The van der Waals surface area contributed by atoms with E-state index in [0.29, 0.717) is 0 Å². The maximum Gasteiger partial charge on any atom is 0.303 e. The molecule has 182 valence electrons. The van der Waals surface area contributed by atoms with Crippen LogP contribution in [-0.4, -0.2) is 63.3 Å². The summed E-state index contributed by atoms with van der Waals surface area (Å²) in [4.78, 5) is 21.0. The molecule has 0 radical (unpaired) electrons. The van der Waals surface area contributed by atoms with Gasteiger partial charge in [-0.25, -0.2) is 4.99 Å². The Hall–Kier alpha value is -2.39. The highest BCUT2D eigenvalue weighted by Crippen LogP contribution is 2.40. The van der Waals surface area contributed by atoms with E-state index in [9.17, 15) is 4.79 Å². The fraction of sp³-hybridized carbons (Fsp3) is 0.520. The van der Waals surface area contributed by atoms with E-state index in [1.165, 1.54) is 6.92 Å². The van der Waals surface area contributed by atoms with Crippen LogP contribution in [0.3, 0.4) is 0 Å². The third kappa shape index (κ3) is 5.80. The molecule has 5 atom stereocenters. The average molecular weight is 485 g/mol. The van der Waals surface area contributed by atoms with Crippen molar-refractivity contribution < 1.29 is 28.2 Å². The number of rotatable bonds is 7. The second kappa shape index (κ2) is 9.69. The number of benzene rings is 2. The van der Waals surface area contributed by atoms with Gasteiger partial charge in [0, 0.05) is 12.3 Å². The van der Waals surface area contributed by atoms with Crippen molar-refractivity contribution in [1.82, 2.24) is 0 Å². The second-order valence-corrected chi connectivity index (χ2v) is 14.5. The number of carbonyl (C=O) groups excluding carboxylic acids is 1. The molecule has 2 heterocycles. The van der Waals surface area contributed by atoms with Crippen molar-refractivity contribution in [1.29, 1.82) is 0 Å². The fourth-order valence-corrected chi connectivity index (χ4v) is 4.81. The normalized spacial score (nSPS) is 26.5. The van der Waals surface area contributed by atoms with Crippen molar-refractivity contribution in [2.45, 2.75) is 76.8 Å². The predicted molar refractivity (Wildman–Crippen MR) is 131 cm³/mol. The molecule has 0 spiro atoms. The molecule has 0 aliphatic carbocycles. The van der Waals surface area contributed by atoms with Crippen LogP contribution < -0.4 is 0 Å². The maximum absolute atomic E-state index is 11.9. The maximum atomic E-state index is 11.9. The van der Waals surface area contributed by atoms with Gasteiger partial charge in [-0.05, 0) is 44.9 Å². The Kier molecular flexibility index (Phi) is 7.05. The first kappa shape index (κ1) is 24.7. The zero-order valence-corrected chi connectivity index (χ0v) is 21.5. The average Bonchev–Trinajstić information content (AvgIpc) is 3.22. The summed E-state index contributed by atoms with van der Waals surface area (Å²) in [5.41, 5.74) is 0.765. The van der Waals surface area contributed by atoms with Gasteiger partial charge in [-0.3, -0.25) is 4.79 Å². The van der Waals surface area contributed by atoms with E-state index in [0.717, 1.165) is 16.5 Å². The lowest BCUT2D eigenvalue weighted by Gasteiger charge is -2.29. The first-order valence-electron chi connectivity index (χ1n) is 11.5. The summed E-state index contributed by atoms with van der Waals surface area (Å²) in [5.74, 6) is -1.26. The number of nitrogens with zero attached hydrogens (tertiary/aromatic N) is 2. The topological polar surface area (TPSA) is 87.9 Å². The Balaban J connectivity index is 1.64. The molecule has 0 amide bonds. The summed E-state index contributed by atoms with van der Waals surface area (Å²) in [6.07, 6.45) is -2.53. The van der Waals surface area contributed by atoms with Crippen LogP contribution in [0.1, 0.15) is 20.8 Å². The van der Waals surface area contributed by atoms with Crippen LogP contribution in [0.2, 0.25) is 19.6 Å². The summed E-state index contributed by atoms with van der Waals surface area (Å²) in [6.45, 7) is 11.5. The molecule has 2 fully saturated rings. The fourth-order valence-electron chi connectivity index (χ4n) is 4.14. The van der Waals surface area contributed by atoms with Gasteiger partial charge in [0.05, 0.1) is 18.3 Å². The van der Waals surface area contributed by atoms with Crippen LogP contribution in [0.5, 0.6) is 0 Å². The predicted octanol–water partition coefficient (Wildman–Crippen LogP) is 4.67. The minimum absolute atomic E-state index is 0.277. The van der Waals surface area contributed by atoms with Gasteiger partial charge in [-0.1, -0.05) is 36.4 Å². The van der Waals surface area contributed by atoms with Gasteiger partial charge in [-0.15, -0.1) is 0 Å². The smallest absolute Gasteiger partial charge is 0.303 e. The molecule has 34 heavy (non-hydrogen) atoms. The number of carbonyl (C=O) groups is 1. The Bertz CT molecular complexity index is 1100. The molecule has 2 aliphatic rings. The first-order valence-corrected chi connectivity index (χ1v) is 14.9. The van der Waals surface area contributed by atoms with Crippen LogP contribution in [-0.2, 0) is 28.2 Å². The molecule has 0 N–H and O–H groups in total. The lowest BCUT2D eigenvalue weighted by atomic mass is 10.0. The number of esters is 1. The van der Waals surface area contributed by atoms with Crippen molar-refractivity contribution in [2.75, 3.05) is 6.61 Å². The van der Waals surface area contributed by atoms with E-state index in [1.54, 1.807) is 13.8 Å². The number of aliphatic imine (C=N–C) groups is 2. The van der Waals surface area contributed by atoms with Gasteiger partial charge in [0.1, 0.15) is 12.1 Å². The van der Waals surface area contributed by atoms with Crippen molar-refractivity contribution in [3.05, 3.63) is 42.5 Å². The van der Waals surface area contributed by atoms with Crippen molar-refractivity contribution in [3.63, 3.8) is 0 Å². The molecule has 0 saturated carbocycles. The van der Waals surface area contributed by atoms with Gasteiger partial charge in [0.15, 0.2) is 32.6 Å². The zero-order chi connectivity index (χ0) is 24.5. The molecule has 0 aromatic heterocycles. The van der Waals surface area contributed by atoms with E-state index < -0.39 is 50.7 Å². The molecule has 9 heteroatoms.